The average molecular weight is 268 g/mol. The second-order valence-corrected chi connectivity index (χ2v) is 4.19. The fourth-order valence-electron chi connectivity index (χ4n) is 1.92. The van der Waals surface area contributed by atoms with Gasteiger partial charge in [0.25, 0.3) is 5.91 Å². The van der Waals surface area contributed by atoms with E-state index >= 15 is 0 Å². The molecule has 1 fully saturated rings. The highest BCUT2D eigenvalue weighted by molar-refractivity contribution is 5.99. The SMILES string of the molecule is CNc1c(F)cccc1C(=O)NCC1COCCO1. The lowest BCUT2D eigenvalue weighted by atomic mass is 10.1. The Morgan fingerprint density at radius 3 is 3.00 bits per heavy atom. The molecule has 0 saturated carbocycles. The Hall–Kier alpha value is -1.66. The summed E-state index contributed by atoms with van der Waals surface area (Å²) >= 11 is 0. The predicted molar refractivity (Wildman–Crippen MR) is 68.8 cm³/mol. The molecular weight excluding hydrogens is 251 g/mol. The number of carbonyl (C=O) groups is 1. The summed E-state index contributed by atoms with van der Waals surface area (Å²) in [7, 11) is 1.58. The summed E-state index contributed by atoms with van der Waals surface area (Å²) in [4.78, 5) is 12.0. The van der Waals surface area contributed by atoms with Crippen molar-refractivity contribution in [3.63, 3.8) is 0 Å². The van der Waals surface area contributed by atoms with Crippen molar-refractivity contribution >= 4 is 11.6 Å². The van der Waals surface area contributed by atoms with Gasteiger partial charge in [0.1, 0.15) is 5.82 Å². The molecule has 1 aromatic rings. The number of carbonyl (C=O) groups excluding carboxylic acids is 1. The molecule has 1 aliphatic heterocycles. The zero-order valence-electron chi connectivity index (χ0n) is 10.7. The van der Waals surface area contributed by atoms with Gasteiger partial charge in [-0.2, -0.15) is 0 Å². The highest BCUT2D eigenvalue weighted by Crippen LogP contribution is 2.18. The summed E-state index contributed by atoms with van der Waals surface area (Å²) in [6.45, 7) is 1.92. The van der Waals surface area contributed by atoms with E-state index in [-0.39, 0.29) is 23.3 Å². The van der Waals surface area contributed by atoms with Crippen molar-refractivity contribution in [2.75, 3.05) is 38.7 Å². The fraction of sp³-hybridized carbons (Fsp3) is 0.462. The van der Waals surface area contributed by atoms with Crippen LogP contribution in [0.3, 0.4) is 0 Å². The van der Waals surface area contributed by atoms with Crippen molar-refractivity contribution in [3.8, 4) is 0 Å². The van der Waals surface area contributed by atoms with Gasteiger partial charge < -0.3 is 20.1 Å². The van der Waals surface area contributed by atoms with Crippen LogP contribution in [0.4, 0.5) is 10.1 Å². The zero-order valence-corrected chi connectivity index (χ0v) is 10.7. The van der Waals surface area contributed by atoms with Crippen LogP contribution in [0.25, 0.3) is 0 Å². The summed E-state index contributed by atoms with van der Waals surface area (Å²) in [5.41, 5.74) is 0.472. The number of benzene rings is 1. The third kappa shape index (κ3) is 3.42. The van der Waals surface area contributed by atoms with Gasteiger partial charge in [0, 0.05) is 13.6 Å². The van der Waals surface area contributed by atoms with Crippen LogP contribution >= 0.6 is 0 Å². The summed E-state index contributed by atoms with van der Waals surface area (Å²) < 4.78 is 24.2. The lowest BCUT2D eigenvalue weighted by Gasteiger charge is -2.23. The first-order chi connectivity index (χ1) is 9.22. The summed E-state index contributed by atoms with van der Waals surface area (Å²) in [5, 5.41) is 5.41. The van der Waals surface area contributed by atoms with E-state index < -0.39 is 5.82 Å². The number of hydrogen-bond acceptors (Lipinski definition) is 4. The number of amides is 1. The van der Waals surface area contributed by atoms with Gasteiger partial charge >= 0.3 is 0 Å². The molecule has 0 aromatic heterocycles. The normalized spacial score (nSPS) is 18.9. The van der Waals surface area contributed by atoms with Crippen LogP contribution < -0.4 is 10.6 Å². The Labute approximate surface area is 111 Å². The topological polar surface area (TPSA) is 59.6 Å². The van der Waals surface area contributed by atoms with Crippen molar-refractivity contribution < 1.29 is 18.7 Å². The number of hydrogen-bond donors (Lipinski definition) is 2. The Morgan fingerprint density at radius 2 is 2.32 bits per heavy atom. The van der Waals surface area contributed by atoms with Crippen molar-refractivity contribution in [1.29, 1.82) is 0 Å². The van der Waals surface area contributed by atoms with Gasteiger partial charge in [-0.25, -0.2) is 4.39 Å². The van der Waals surface area contributed by atoms with Crippen LogP contribution in [0.15, 0.2) is 18.2 Å². The maximum absolute atomic E-state index is 13.5. The third-order valence-corrected chi connectivity index (χ3v) is 2.88. The third-order valence-electron chi connectivity index (χ3n) is 2.88. The molecule has 0 aliphatic carbocycles. The molecule has 5 nitrogen and oxygen atoms in total. The molecule has 1 atom stereocenters. The van der Waals surface area contributed by atoms with E-state index in [1.807, 2.05) is 0 Å². The highest BCUT2D eigenvalue weighted by Gasteiger charge is 2.18. The molecule has 1 amide bonds. The minimum absolute atomic E-state index is 0.149. The zero-order chi connectivity index (χ0) is 13.7. The number of para-hydroxylation sites is 1. The molecule has 1 unspecified atom stereocenters. The largest absolute Gasteiger partial charge is 0.385 e. The number of nitrogens with one attached hydrogen (secondary N) is 2. The van der Waals surface area contributed by atoms with Crippen molar-refractivity contribution in [2.24, 2.45) is 0 Å². The molecule has 1 saturated heterocycles. The van der Waals surface area contributed by atoms with E-state index in [2.05, 4.69) is 10.6 Å². The first-order valence-electron chi connectivity index (χ1n) is 6.16. The minimum atomic E-state index is -0.451. The van der Waals surface area contributed by atoms with E-state index in [9.17, 15) is 9.18 Å². The Kier molecular flexibility index (Phi) is 4.70. The van der Waals surface area contributed by atoms with Gasteiger partial charge in [-0.3, -0.25) is 4.79 Å². The molecule has 0 radical (unpaired) electrons. The maximum atomic E-state index is 13.5. The number of anilines is 1. The molecule has 0 bridgehead atoms. The molecular formula is C13H17FN2O3. The first kappa shape index (κ1) is 13.8. The fourth-order valence-corrected chi connectivity index (χ4v) is 1.92. The molecule has 6 heteroatoms. The van der Waals surface area contributed by atoms with Crippen LogP contribution in [0.2, 0.25) is 0 Å². The van der Waals surface area contributed by atoms with E-state index in [4.69, 9.17) is 9.47 Å². The van der Waals surface area contributed by atoms with Gasteiger partial charge in [-0.15, -0.1) is 0 Å². The maximum Gasteiger partial charge on any atom is 0.253 e. The molecule has 1 heterocycles. The monoisotopic (exact) mass is 268 g/mol. The van der Waals surface area contributed by atoms with Crippen LogP contribution in [-0.2, 0) is 9.47 Å². The van der Waals surface area contributed by atoms with Gasteiger partial charge in [-0.05, 0) is 12.1 Å². The van der Waals surface area contributed by atoms with Gasteiger partial charge in [0.05, 0.1) is 37.2 Å². The molecule has 19 heavy (non-hydrogen) atoms. The Morgan fingerprint density at radius 1 is 1.47 bits per heavy atom. The molecule has 2 N–H and O–H groups in total. The van der Waals surface area contributed by atoms with Gasteiger partial charge in [0.2, 0.25) is 0 Å². The number of ether oxygens (including phenoxy) is 2. The standard InChI is InChI=1S/C13H17FN2O3/c1-15-12-10(3-2-4-11(12)14)13(17)16-7-9-8-18-5-6-19-9/h2-4,9,15H,5-8H2,1H3,(H,16,17). The summed E-state index contributed by atoms with van der Waals surface area (Å²) in [6, 6.07) is 4.38. The van der Waals surface area contributed by atoms with E-state index in [1.165, 1.54) is 12.1 Å². The molecule has 104 valence electrons. The van der Waals surface area contributed by atoms with Crippen LogP contribution in [0.5, 0.6) is 0 Å². The minimum Gasteiger partial charge on any atom is -0.385 e. The lowest BCUT2D eigenvalue weighted by molar-refractivity contribution is -0.0855. The van der Waals surface area contributed by atoms with Crippen LogP contribution in [-0.4, -0.2) is 45.4 Å². The van der Waals surface area contributed by atoms with Crippen molar-refractivity contribution in [3.05, 3.63) is 29.6 Å². The Bertz CT molecular complexity index is 448. The second kappa shape index (κ2) is 6.49. The molecule has 2 rings (SSSR count). The number of rotatable bonds is 4. The molecule has 0 spiro atoms. The first-order valence-corrected chi connectivity index (χ1v) is 6.16. The van der Waals surface area contributed by atoms with Crippen LogP contribution in [0.1, 0.15) is 10.4 Å². The van der Waals surface area contributed by atoms with E-state index in [0.29, 0.717) is 26.4 Å². The molecule has 1 aliphatic rings. The van der Waals surface area contributed by atoms with Gasteiger partial charge in [-0.1, -0.05) is 6.07 Å². The highest BCUT2D eigenvalue weighted by atomic mass is 19.1. The second-order valence-electron chi connectivity index (χ2n) is 4.19. The number of halogens is 1. The lowest BCUT2D eigenvalue weighted by Crippen LogP contribution is -2.39. The Balaban J connectivity index is 1.97. The van der Waals surface area contributed by atoms with Crippen molar-refractivity contribution in [1.82, 2.24) is 5.32 Å². The smallest absolute Gasteiger partial charge is 0.253 e. The summed E-state index contributed by atoms with van der Waals surface area (Å²) in [5.74, 6) is -0.787. The van der Waals surface area contributed by atoms with Gasteiger partial charge in [0.15, 0.2) is 0 Å². The van der Waals surface area contributed by atoms with Crippen LogP contribution in [0, 0.1) is 5.82 Å². The average Bonchev–Trinajstić information content (AvgIpc) is 2.45. The quantitative estimate of drug-likeness (QED) is 0.855. The molecule has 1 aromatic carbocycles. The summed E-state index contributed by atoms with van der Waals surface area (Å²) in [6.07, 6.45) is -0.149. The predicted octanol–water partition coefficient (Wildman–Crippen LogP) is 1.01. The van der Waals surface area contributed by atoms with Crippen molar-refractivity contribution in [2.45, 2.75) is 6.10 Å². The van der Waals surface area contributed by atoms with E-state index in [1.54, 1.807) is 13.1 Å². The van der Waals surface area contributed by atoms with E-state index in [0.717, 1.165) is 0 Å².